The van der Waals surface area contributed by atoms with Crippen LogP contribution in [0.1, 0.15) is 57.8 Å². The Morgan fingerprint density at radius 2 is 1.74 bits per heavy atom. The van der Waals surface area contributed by atoms with Crippen molar-refractivity contribution in [2.45, 2.75) is 57.8 Å². The van der Waals surface area contributed by atoms with Crippen molar-refractivity contribution in [3.8, 4) is 0 Å². The number of carboxylic acids is 1. The Labute approximate surface area is 116 Å². The number of rotatable bonds is 11. The van der Waals surface area contributed by atoms with E-state index in [0.29, 0.717) is 0 Å². The molecule has 1 aliphatic rings. The van der Waals surface area contributed by atoms with Crippen LogP contribution in [0.25, 0.3) is 0 Å². The highest BCUT2D eigenvalue weighted by atomic mass is 16.5. The summed E-state index contributed by atoms with van der Waals surface area (Å²) in [7, 11) is 0. The summed E-state index contributed by atoms with van der Waals surface area (Å²) in [5.74, 6) is 0.166. The van der Waals surface area contributed by atoms with E-state index in [1.165, 1.54) is 25.7 Å². The number of aliphatic carboxylic acids is 1. The molecule has 4 nitrogen and oxygen atoms in total. The summed E-state index contributed by atoms with van der Waals surface area (Å²) in [6, 6.07) is 0. The van der Waals surface area contributed by atoms with E-state index in [1.54, 1.807) is 0 Å². The molecule has 0 aromatic heterocycles. The smallest absolute Gasteiger partial charge is 0.303 e. The van der Waals surface area contributed by atoms with Crippen LogP contribution in [-0.2, 0) is 14.3 Å². The second-order valence-electron chi connectivity index (χ2n) is 5.37. The van der Waals surface area contributed by atoms with Gasteiger partial charge in [0, 0.05) is 32.8 Å². The number of carbonyl (C=O) groups is 1. The zero-order valence-corrected chi connectivity index (χ0v) is 11.9. The van der Waals surface area contributed by atoms with Gasteiger partial charge in [-0.2, -0.15) is 0 Å². The molecule has 1 fully saturated rings. The van der Waals surface area contributed by atoms with Gasteiger partial charge >= 0.3 is 5.97 Å². The van der Waals surface area contributed by atoms with Gasteiger partial charge in [0.15, 0.2) is 0 Å². The zero-order chi connectivity index (χ0) is 13.8. The van der Waals surface area contributed by atoms with Crippen molar-refractivity contribution >= 4 is 5.97 Å². The summed E-state index contributed by atoms with van der Waals surface area (Å²) in [6.07, 6.45) is 9.14. The second-order valence-corrected chi connectivity index (χ2v) is 5.37. The van der Waals surface area contributed by atoms with E-state index in [1.807, 2.05) is 0 Å². The van der Waals surface area contributed by atoms with Gasteiger partial charge in [0.2, 0.25) is 0 Å². The highest BCUT2D eigenvalue weighted by Gasteiger charge is 2.12. The van der Waals surface area contributed by atoms with Gasteiger partial charge < -0.3 is 14.6 Å². The largest absolute Gasteiger partial charge is 0.481 e. The third kappa shape index (κ3) is 9.91. The van der Waals surface area contributed by atoms with Crippen LogP contribution in [0.15, 0.2) is 0 Å². The minimum Gasteiger partial charge on any atom is -0.481 e. The van der Waals surface area contributed by atoms with Crippen LogP contribution in [0, 0.1) is 5.92 Å². The third-order valence-electron chi connectivity index (χ3n) is 3.67. The number of hydrogen-bond acceptors (Lipinski definition) is 3. The molecule has 1 heterocycles. The van der Waals surface area contributed by atoms with Crippen LogP contribution in [0.2, 0.25) is 0 Å². The van der Waals surface area contributed by atoms with E-state index >= 15 is 0 Å². The van der Waals surface area contributed by atoms with Crippen LogP contribution in [0.5, 0.6) is 0 Å². The Morgan fingerprint density at radius 3 is 2.42 bits per heavy atom. The first kappa shape index (κ1) is 16.4. The molecule has 0 aliphatic carbocycles. The molecule has 0 bridgehead atoms. The van der Waals surface area contributed by atoms with Crippen molar-refractivity contribution in [3.05, 3.63) is 0 Å². The van der Waals surface area contributed by atoms with E-state index < -0.39 is 5.97 Å². The first-order valence-electron chi connectivity index (χ1n) is 7.66. The maximum atomic E-state index is 10.3. The molecule has 0 aromatic rings. The standard InChI is InChI=1S/C15H28O4/c16-15(17)7-2-1-4-10-18-11-5-3-6-14-8-12-19-13-9-14/h14H,1-13H2,(H,16,17). The Morgan fingerprint density at radius 1 is 1.05 bits per heavy atom. The lowest BCUT2D eigenvalue weighted by Gasteiger charge is -2.21. The fourth-order valence-corrected chi connectivity index (χ4v) is 2.43. The molecule has 4 heteroatoms. The van der Waals surface area contributed by atoms with Gasteiger partial charge in [-0.3, -0.25) is 4.79 Å². The summed E-state index contributed by atoms with van der Waals surface area (Å²) >= 11 is 0. The van der Waals surface area contributed by atoms with Crippen molar-refractivity contribution in [2.24, 2.45) is 5.92 Å². The van der Waals surface area contributed by atoms with Gasteiger partial charge in [0.1, 0.15) is 0 Å². The van der Waals surface area contributed by atoms with Gasteiger partial charge in [-0.1, -0.05) is 19.3 Å². The zero-order valence-electron chi connectivity index (χ0n) is 11.9. The molecule has 0 amide bonds. The van der Waals surface area contributed by atoms with Crippen LogP contribution in [0.3, 0.4) is 0 Å². The SMILES string of the molecule is O=C(O)CCCCCOCCCCC1CCOCC1. The third-order valence-corrected chi connectivity index (χ3v) is 3.67. The summed E-state index contributed by atoms with van der Waals surface area (Å²) in [5, 5.41) is 8.48. The topological polar surface area (TPSA) is 55.8 Å². The number of hydrogen-bond donors (Lipinski definition) is 1. The molecule has 112 valence electrons. The summed E-state index contributed by atoms with van der Waals surface area (Å²) in [6.45, 7) is 3.51. The second kappa shape index (κ2) is 11.2. The number of unbranched alkanes of at least 4 members (excludes halogenated alkanes) is 3. The molecule has 1 rings (SSSR count). The summed E-state index contributed by atoms with van der Waals surface area (Å²) in [5.41, 5.74) is 0. The highest BCUT2D eigenvalue weighted by molar-refractivity contribution is 5.66. The molecule has 1 N–H and O–H groups in total. The first-order chi connectivity index (χ1) is 9.29. The highest BCUT2D eigenvalue weighted by Crippen LogP contribution is 2.20. The van der Waals surface area contributed by atoms with Gasteiger partial charge in [0.25, 0.3) is 0 Å². The lowest BCUT2D eigenvalue weighted by Crippen LogP contribution is -2.15. The lowest BCUT2D eigenvalue weighted by atomic mass is 9.94. The molecule has 0 saturated carbocycles. The predicted octanol–water partition coefficient (Wildman–Crippen LogP) is 3.24. The maximum Gasteiger partial charge on any atom is 0.303 e. The first-order valence-corrected chi connectivity index (χ1v) is 7.66. The number of carboxylic acid groups (broad SMARTS) is 1. The van der Waals surface area contributed by atoms with Crippen molar-refractivity contribution in [1.29, 1.82) is 0 Å². The molecule has 0 radical (unpaired) electrons. The average molecular weight is 272 g/mol. The molecule has 1 aliphatic heterocycles. The minimum absolute atomic E-state index is 0.283. The van der Waals surface area contributed by atoms with E-state index in [4.69, 9.17) is 14.6 Å². The Hall–Kier alpha value is -0.610. The van der Waals surface area contributed by atoms with E-state index in [-0.39, 0.29) is 6.42 Å². The Balaban J connectivity index is 1.74. The van der Waals surface area contributed by atoms with Crippen LogP contribution < -0.4 is 0 Å². The Bertz CT molecular complexity index is 224. The fourth-order valence-electron chi connectivity index (χ4n) is 2.43. The van der Waals surface area contributed by atoms with Gasteiger partial charge in [0.05, 0.1) is 0 Å². The van der Waals surface area contributed by atoms with Crippen molar-refractivity contribution < 1.29 is 19.4 Å². The molecular formula is C15H28O4. The molecule has 0 unspecified atom stereocenters. The molecule has 1 saturated heterocycles. The Kier molecular flexibility index (Phi) is 9.72. The van der Waals surface area contributed by atoms with Gasteiger partial charge in [-0.05, 0) is 38.0 Å². The fraction of sp³-hybridized carbons (Fsp3) is 0.933. The van der Waals surface area contributed by atoms with Gasteiger partial charge in [-0.15, -0.1) is 0 Å². The minimum atomic E-state index is -0.700. The lowest BCUT2D eigenvalue weighted by molar-refractivity contribution is -0.137. The quantitative estimate of drug-likeness (QED) is 0.587. The average Bonchev–Trinajstić information content (AvgIpc) is 2.42. The van der Waals surface area contributed by atoms with Crippen LogP contribution in [0.4, 0.5) is 0 Å². The summed E-state index contributed by atoms with van der Waals surface area (Å²) in [4.78, 5) is 10.3. The molecule has 19 heavy (non-hydrogen) atoms. The monoisotopic (exact) mass is 272 g/mol. The molecule has 0 atom stereocenters. The van der Waals surface area contributed by atoms with Crippen molar-refractivity contribution in [3.63, 3.8) is 0 Å². The van der Waals surface area contributed by atoms with Crippen molar-refractivity contribution in [1.82, 2.24) is 0 Å². The molecule has 0 spiro atoms. The van der Waals surface area contributed by atoms with Crippen LogP contribution in [-0.4, -0.2) is 37.5 Å². The predicted molar refractivity (Wildman–Crippen MR) is 74.3 cm³/mol. The van der Waals surface area contributed by atoms with Crippen molar-refractivity contribution in [2.75, 3.05) is 26.4 Å². The molecular weight excluding hydrogens is 244 g/mol. The van der Waals surface area contributed by atoms with E-state index in [2.05, 4.69) is 0 Å². The van der Waals surface area contributed by atoms with E-state index in [0.717, 1.165) is 58.0 Å². The normalized spacial score (nSPS) is 16.6. The van der Waals surface area contributed by atoms with Crippen LogP contribution >= 0.6 is 0 Å². The molecule has 0 aromatic carbocycles. The van der Waals surface area contributed by atoms with E-state index in [9.17, 15) is 4.79 Å². The maximum absolute atomic E-state index is 10.3. The summed E-state index contributed by atoms with van der Waals surface area (Å²) < 4.78 is 10.9. The van der Waals surface area contributed by atoms with Gasteiger partial charge in [-0.25, -0.2) is 0 Å². The number of ether oxygens (including phenoxy) is 2.